The van der Waals surface area contributed by atoms with Crippen molar-refractivity contribution in [2.24, 2.45) is 10.9 Å². The van der Waals surface area contributed by atoms with Crippen molar-refractivity contribution in [1.82, 2.24) is 15.4 Å². The van der Waals surface area contributed by atoms with Gasteiger partial charge >= 0.3 is 6.18 Å². The van der Waals surface area contributed by atoms with Crippen molar-refractivity contribution >= 4 is 40.0 Å². The maximum Gasteiger partial charge on any atom is 0.391 e. The Labute approximate surface area is 164 Å². The minimum absolute atomic E-state index is 0. The molecule has 0 aromatic carbocycles. The first-order valence-corrected chi connectivity index (χ1v) is 9.74. The van der Waals surface area contributed by atoms with Crippen LogP contribution < -0.4 is 15.4 Å². The summed E-state index contributed by atoms with van der Waals surface area (Å²) in [5.41, 5.74) is -0.723. The van der Waals surface area contributed by atoms with Crippen molar-refractivity contribution in [3.8, 4) is 0 Å². The normalized spacial score (nSPS) is 22.9. The first kappa shape index (κ1) is 24.7. The van der Waals surface area contributed by atoms with Gasteiger partial charge in [0.2, 0.25) is 10.0 Å². The van der Waals surface area contributed by atoms with Crippen LogP contribution in [-0.4, -0.2) is 52.0 Å². The lowest BCUT2D eigenvalue weighted by Gasteiger charge is -2.32. The molecule has 0 aliphatic heterocycles. The molecule has 25 heavy (non-hydrogen) atoms. The summed E-state index contributed by atoms with van der Waals surface area (Å²) in [5, 5.41) is 6.12. The molecule has 150 valence electrons. The van der Waals surface area contributed by atoms with E-state index in [1.165, 1.54) is 0 Å². The summed E-state index contributed by atoms with van der Waals surface area (Å²) in [6, 6.07) is -0.0687. The lowest BCUT2D eigenvalue weighted by atomic mass is 9.85. The molecule has 0 spiro atoms. The molecule has 3 N–H and O–H groups in total. The molecule has 1 rings (SSSR count). The molecule has 0 heterocycles. The van der Waals surface area contributed by atoms with Crippen LogP contribution in [0.4, 0.5) is 13.2 Å². The number of hydrogen-bond acceptors (Lipinski definition) is 3. The van der Waals surface area contributed by atoms with Crippen molar-refractivity contribution < 1.29 is 21.6 Å². The minimum Gasteiger partial charge on any atom is -0.355 e. The molecule has 0 bridgehead atoms. The highest BCUT2D eigenvalue weighted by molar-refractivity contribution is 14.0. The summed E-state index contributed by atoms with van der Waals surface area (Å²) < 4.78 is 63.1. The summed E-state index contributed by atoms with van der Waals surface area (Å²) in [7, 11) is -1.78. The third-order valence-electron chi connectivity index (χ3n) is 3.91. The smallest absolute Gasteiger partial charge is 0.355 e. The van der Waals surface area contributed by atoms with E-state index >= 15 is 0 Å². The van der Waals surface area contributed by atoms with Gasteiger partial charge in [-0.2, -0.15) is 13.2 Å². The lowest BCUT2D eigenvalue weighted by Crippen LogP contribution is -2.54. The van der Waals surface area contributed by atoms with Crippen LogP contribution >= 0.6 is 24.0 Å². The van der Waals surface area contributed by atoms with E-state index in [9.17, 15) is 21.6 Å². The van der Waals surface area contributed by atoms with Gasteiger partial charge in [0, 0.05) is 25.2 Å². The van der Waals surface area contributed by atoms with Crippen LogP contribution in [0.15, 0.2) is 4.99 Å². The molecule has 11 heteroatoms. The summed E-state index contributed by atoms with van der Waals surface area (Å²) in [5.74, 6) is -0.766. The maximum atomic E-state index is 12.7. The van der Waals surface area contributed by atoms with Gasteiger partial charge in [-0.3, -0.25) is 4.99 Å². The minimum atomic E-state index is -4.12. The molecule has 6 nitrogen and oxygen atoms in total. The molecular formula is C14H28F3IN4O2S. The molecule has 0 aromatic rings. The molecule has 0 amide bonds. The van der Waals surface area contributed by atoms with Gasteiger partial charge in [-0.05, 0) is 39.5 Å². The van der Waals surface area contributed by atoms with Gasteiger partial charge in [-0.1, -0.05) is 0 Å². The Morgan fingerprint density at radius 3 is 2.08 bits per heavy atom. The Kier molecular flexibility index (Phi) is 9.47. The molecule has 0 unspecified atom stereocenters. The molecule has 0 aromatic heterocycles. The zero-order valence-electron chi connectivity index (χ0n) is 14.9. The van der Waals surface area contributed by atoms with Crippen molar-refractivity contribution in [3.05, 3.63) is 0 Å². The Morgan fingerprint density at radius 1 is 1.16 bits per heavy atom. The number of hydrogen-bond donors (Lipinski definition) is 3. The maximum absolute atomic E-state index is 12.7. The average Bonchev–Trinajstić information content (AvgIpc) is 2.40. The van der Waals surface area contributed by atoms with Crippen molar-refractivity contribution in [2.75, 3.05) is 19.8 Å². The van der Waals surface area contributed by atoms with Gasteiger partial charge in [0.25, 0.3) is 0 Å². The first-order chi connectivity index (χ1) is 10.8. The number of nitrogens with one attached hydrogen (secondary N) is 3. The van der Waals surface area contributed by atoms with Crippen LogP contribution in [0.2, 0.25) is 0 Å². The van der Waals surface area contributed by atoms with E-state index in [-0.39, 0.29) is 49.4 Å². The number of guanidine groups is 1. The highest BCUT2D eigenvalue weighted by Crippen LogP contribution is 2.37. The fourth-order valence-corrected chi connectivity index (χ4v) is 3.87. The summed E-state index contributed by atoms with van der Waals surface area (Å²) in [6.07, 6.45) is -1.96. The summed E-state index contributed by atoms with van der Waals surface area (Å²) >= 11 is 0. The van der Waals surface area contributed by atoms with Crippen LogP contribution in [-0.2, 0) is 10.0 Å². The topological polar surface area (TPSA) is 82.6 Å². The van der Waals surface area contributed by atoms with Gasteiger partial charge in [0.15, 0.2) is 5.96 Å². The standard InChI is InChI=1S/C14H27F3N4O2S.HI/c1-13(2,21-24(4,22)23)9-19-12(18-3)20-11-7-5-10(6-8-11)14(15,16)17;/h10-11,21H,5-9H2,1-4H3,(H2,18,19,20);1H. The van der Waals surface area contributed by atoms with Crippen molar-refractivity contribution in [3.63, 3.8) is 0 Å². The quantitative estimate of drug-likeness (QED) is 0.307. The van der Waals surface area contributed by atoms with Gasteiger partial charge in [-0.25, -0.2) is 13.1 Å². The van der Waals surface area contributed by atoms with E-state index in [0.29, 0.717) is 18.8 Å². The Morgan fingerprint density at radius 2 is 1.68 bits per heavy atom. The predicted molar refractivity (Wildman–Crippen MR) is 104 cm³/mol. The monoisotopic (exact) mass is 500 g/mol. The largest absolute Gasteiger partial charge is 0.391 e. The number of halogens is 4. The SMILES string of the molecule is CN=C(NCC(C)(C)NS(C)(=O)=O)NC1CCC(C(F)(F)F)CC1.I. The number of sulfonamides is 1. The molecule has 1 aliphatic carbocycles. The predicted octanol–water partition coefficient (Wildman–Crippen LogP) is 2.22. The zero-order valence-corrected chi connectivity index (χ0v) is 18.1. The van der Waals surface area contributed by atoms with Crippen molar-refractivity contribution in [1.29, 1.82) is 0 Å². The fraction of sp³-hybridized carbons (Fsp3) is 0.929. The highest BCUT2D eigenvalue weighted by atomic mass is 127. The molecule has 1 fully saturated rings. The molecule has 1 aliphatic rings. The van der Waals surface area contributed by atoms with Gasteiger partial charge in [0.05, 0.1) is 12.2 Å². The third kappa shape index (κ3) is 9.83. The molecule has 1 saturated carbocycles. The van der Waals surface area contributed by atoms with Crippen LogP contribution in [0.5, 0.6) is 0 Å². The summed E-state index contributed by atoms with van der Waals surface area (Å²) in [4.78, 5) is 4.04. The van der Waals surface area contributed by atoms with Crippen LogP contribution in [0, 0.1) is 5.92 Å². The van der Waals surface area contributed by atoms with E-state index in [1.807, 2.05) is 0 Å². The van der Waals surface area contributed by atoms with Crippen molar-refractivity contribution in [2.45, 2.75) is 57.3 Å². The van der Waals surface area contributed by atoms with Crippen LogP contribution in [0.3, 0.4) is 0 Å². The van der Waals surface area contributed by atoms with E-state index in [0.717, 1.165) is 6.26 Å². The average molecular weight is 500 g/mol. The van der Waals surface area contributed by atoms with E-state index in [2.05, 4.69) is 20.3 Å². The Balaban J connectivity index is 0.00000576. The van der Waals surface area contributed by atoms with E-state index in [1.54, 1.807) is 20.9 Å². The third-order valence-corrected chi connectivity index (χ3v) is 4.84. The van der Waals surface area contributed by atoms with Gasteiger partial charge < -0.3 is 10.6 Å². The fourth-order valence-electron chi connectivity index (χ4n) is 2.80. The van der Waals surface area contributed by atoms with Crippen LogP contribution in [0.25, 0.3) is 0 Å². The van der Waals surface area contributed by atoms with E-state index < -0.39 is 27.7 Å². The molecular weight excluding hydrogens is 472 g/mol. The highest BCUT2D eigenvalue weighted by Gasteiger charge is 2.41. The van der Waals surface area contributed by atoms with E-state index in [4.69, 9.17) is 0 Å². The second-order valence-electron chi connectivity index (χ2n) is 6.92. The first-order valence-electron chi connectivity index (χ1n) is 7.85. The van der Waals surface area contributed by atoms with Crippen LogP contribution in [0.1, 0.15) is 39.5 Å². The lowest BCUT2D eigenvalue weighted by molar-refractivity contribution is -0.182. The van der Waals surface area contributed by atoms with Gasteiger partial charge in [0.1, 0.15) is 0 Å². The molecule has 0 atom stereocenters. The second-order valence-corrected chi connectivity index (χ2v) is 8.67. The second kappa shape index (κ2) is 9.58. The molecule has 0 radical (unpaired) electrons. The number of aliphatic imine (C=N–C) groups is 1. The van der Waals surface area contributed by atoms with Gasteiger partial charge in [-0.15, -0.1) is 24.0 Å². The number of rotatable bonds is 5. The molecule has 0 saturated heterocycles. The number of alkyl halides is 3. The zero-order chi connectivity index (χ0) is 18.6. The number of nitrogens with zero attached hydrogens (tertiary/aromatic N) is 1. The Hall–Kier alpha value is -0.300. The summed E-state index contributed by atoms with van der Waals surface area (Å²) in [6.45, 7) is 3.74. The Bertz CT molecular complexity index is 545.